The van der Waals surface area contributed by atoms with E-state index in [9.17, 15) is 0 Å². The molecule has 0 amide bonds. The number of epoxide rings is 1. The molecule has 1 aliphatic rings. The molecule has 0 aromatic heterocycles. The van der Waals surface area contributed by atoms with Gasteiger partial charge in [-0.15, -0.1) is 0 Å². The lowest BCUT2D eigenvalue weighted by Crippen LogP contribution is -2.06. The minimum atomic E-state index is 0.533. The van der Waals surface area contributed by atoms with Crippen molar-refractivity contribution < 1.29 is 4.74 Å². The summed E-state index contributed by atoms with van der Waals surface area (Å²) in [5.41, 5.74) is 1.42. The molecular formula is C11H14O. The van der Waals surface area contributed by atoms with Crippen LogP contribution < -0.4 is 0 Å². The Morgan fingerprint density at radius 2 is 2.08 bits per heavy atom. The fraction of sp³-hybridized carbons (Fsp3) is 0.455. The summed E-state index contributed by atoms with van der Waals surface area (Å²) in [6.07, 6.45) is 1.68. The molecule has 1 aromatic rings. The van der Waals surface area contributed by atoms with Crippen molar-refractivity contribution in [1.29, 1.82) is 0 Å². The van der Waals surface area contributed by atoms with E-state index in [1.54, 1.807) is 0 Å². The van der Waals surface area contributed by atoms with Crippen LogP contribution in [-0.2, 0) is 11.2 Å². The first-order valence-electron chi connectivity index (χ1n) is 4.52. The van der Waals surface area contributed by atoms with Gasteiger partial charge >= 0.3 is 0 Å². The zero-order valence-corrected chi connectivity index (χ0v) is 7.36. The third kappa shape index (κ3) is 1.86. The van der Waals surface area contributed by atoms with Crippen LogP contribution in [-0.4, -0.2) is 12.7 Å². The average Bonchev–Trinajstić information content (AvgIpc) is 2.88. The Balaban J connectivity index is 1.94. The van der Waals surface area contributed by atoms with Crippen LogP contribution in [0, 0.1) is 5.92 Å². The van der Waals surface area contributed by atoms with Gasteiger partial charge in [0.15, 0.2) is 0 Å². The van der Waals surface area contributed by atoms with Gasteiger partial charge in [-0.1, -0.05) is 37.3 Å². The maximum Gasteiger partial charge on any atom is 0.0838 e. The fourth-order valence-electron chi connectivity index (χ4n) is 1.50. The van der Waals surface area contributed by atoms with E-state index >= 15 is 0 Å². The van der Waals surface area contributed by atoms with Crippen LogP contribution in [0.3, 0.4) is 0 Å². The van der Waals surface area contributed by atoms with Gasteiger partial charge in [-0.3, -0.25) is 0 Å². The van der Waals surface area contributed by atoms with Gasteiger partial charge in [0.1, 0.15) is 0 Å². The number of ether oxygens (including phenoxy) is 1. The summed E-state index contributed by atoms with van der Waals surface area (Å²) in [4.78, 5) is 0. The molecule has 0 radical (unpaired) electrons. The highest BCUT2D eigenvalue weighted by Gasteiger charge is 2.28. The van der Waals surface area contributed by atoms with Gasteiger partial charge in [0.05, 0.1) is 12.7 Å². The van der Waals surface area contributed by atoms with E-state index < -0.39 is 0 Å². The third-order valence-corrected chi connectivity index (χ3v) is 2.39. The summed E-state index contributed by atoms with van der Waals surface area (Å²) in [5, 5.41) is 0. The van der Waals surface area contributed by atoms with E-state index in [4.69, 9.17) is 4.74 Å². The van der Waals surface area contributed by atoms with Crippen LogP contribution in [0.15, 0.2) is 30.3 Å². The number of hydrogen-bond donors (Lipinski definition) is 0. The van der Waals surface area contributed by atoms with Gasteiger partial charge in [0.25, 0.3) is 0 Å². The molecule has 1 heteroatoms. The first kappa shape index (κ1) is 7.81. The highest BCUT2D eigenvalue weighted by atomic mass is 16.6. The quantitative estimate of drug-likeness (QED) is 0.621. The maximum absolute atomic E-state index is 5.24. The normalized spacial score (nSPS) is 23.6. The molecular weight excluding hydrogens is 148 g/mol. The van der Waals surface area contributed by atoms with Gasteiger partial charge < -0.3 is 4.74 Å². The highest BCUT2D eigenvalue weighted by Crippen LogP contribution is 2.22. The van der Waals surface area contributed by atoms with E-state index in [2.05, 4.69) is 37.3 Å². The molecule has 2 rings (SSSR count). The molecule has 12 heavy (non-hydrogen) atoms. The molecule has 1 nitrogen and oxygen atoms in total. The van der Waals surface area contributed by atoms with Crippen molar-refractivity contribution in [1.82, 2.24) is 0 Å². The van der Waals surface area contributed by atoms with Crippen LogP contribution in [0.1, 0.15) is 12.5 Å². The largest absolute Gasteiger partial charge is 0.373 e. The van der Waals surface area contributed by atoms with Crippen molar-refractivity contribution in [3.63, 3.8) is 0 Å². The molecule has 0 bridgehead atoms. The number of hydrogen-bond acceptors (Lipinski definition) is 1. The van der Waals surface area contributed by atoms with Gasteiger partial charge in [-0.05, 0) is 17.9 Å². The van der Waals surface area contributed by atoms with Crippen molar-refractivity contribution in [2.75, 3.05) is 6.61 Å². The number of rotatable bonds is 3. The zero-order chi connectivity index (χ0) is 8.39. The molecule has 1 aromatic carbocycles. The molecule has 64 valence electrons. The Morgan fingerprint density at radius 3 is 2.67 bits per heavy atom. The zero-order valence-electron chi connectivity index (χ0n) is 7.36. The summed E-state index contributed by atoms with van der Waals surface area (Å²) in [5.74, 6) is 0.674. The van der Waals surface area contributed by atoms with Crippen LogP contribution in [0.25, 0.3) is 0 Å². The van der Waals surface area contributed by atoms with Crippen molar-refractivity contribution >= 4 is 0 Å². The van der Waals surface area contributed by atoms with Crippen molar-refractivity contribution in [2.24, 2.45) is 5.92 Å². The van der Waals surface area contributed by atoms with Gasteiger partial charge in [-0.2, -0.15) is 0 Å². The second kappa shape index (κ2) is 3.28. The van der Waals surface area contributed by atoms with Crippen LogP contribution >= 0.6 is 0 Å². The molecule has 1 aliphatic heterocycles. The summed E-state index contributed by atoms with van der Waals surface area (Å²) in [7, 11) is 0. The SMILES string of the molecule is CC(Cc1ccccc1)C1CO1. The Labute approximate surface area is 73.4 Å². The van der Waals surface area contributed by atoms with Crippen molar-refractivity contribution in [3.05, 3.63) is 35.9 Å². The van der Waals surface area contributed by atoms with Crippen LogP contribution in [0.5, 0.6) is 0 Å². The maximum atomic E-state index is 5.24. The topological polar surface area (TPSA) is 12.5 Å². The first-order valence-corrected chi connectivity index (χ1v) is 4.52. The molecule has 1 fully saturated rings. The van der Waals surface area contributed by atoms with E-state index in [0.717, 1.165) is 13.0 Å². The Hall–Kier alpha value is -0.820. The second-order valence-corrected chi connectivity index (χ2v) is 3.54. The molecule has 2 unspecified atom stereocenters. The van der Waals surface area contributed by atoms with E-state index in [0.29, 0.717) is 12.0 Å². The van der Waals surface area contributed by atoms with E-state index in [1.807, 2.05) is 0 Å². The standard InChI is InChI=1S/C11H14O/c1-9(11-8-12-11)7-10-5-3-2-4-6-10/h2-6,9,11H,7-8H2,1H3. The van der Waals surface area contributed by atoms with Crippen molar-refractivity contribution in [3.8, 4) is 0 Å². The van der Waals surface area contributed by atoms with E-state index in [-0.39, 0.29) is 0 Å². The molecule has 0 N–H and O–H groups in total. The summed E-state index contributed by atoms with van der Waals surface area (Å²) in [6.45, 7) is 3.22. The molecule has 0 saturated carbocycles. The Kier molecular flexibility index (Phi) is 2.13. The lowest BCUT2D eigenvalue weighted by molar-refractivity contribution is 0.341. The molecule has 0 aliphatic carbocycles. The number of benzene rings is 1. The summed E-state index contributed by atoms with van der Waals surface area (Å²) >= 11 is 0. The van der Waals surface area contributed by atoms with Crippen molar-refractivity contribution in [2.45, 2.75) is 19.4 Å². The van der Waals surface area contributed by atoms with Crippen LogP contribution in [0.4, 0.5) is 0 Å². The monoisotopic (exact) mass is 162 g/mol. The molecule has 1 heterocycles. The lowest BCUT2D eigenvalue weighted by atomic mass is 9.99. The summed E-state index contributed by atoms with van der Waals surface area (Å²) < 4.78 is 5.24. The predicted octanol–water partition coefficient (Wildman–Crippen LogP) is 2.26. The smallest absolute Gasteiger partial charge is 0.0838 e. The van der Waals surface area contributed by atoms with Gasteiger partial charge in [0, 0.05) is 0 Å². The summed E-state index contributed by atoms with van der Waals surface area (Å²) in [6, 6.07) is 10.6. The molecule has 2 atom stereocenters. The lowest BCUT2D eigenvalue weighted by Gasteiger charge is -2.06. The van der Waals surface area contributed by atoms with Gasteiger partial charge in [-0.25, -0.2) is 0 Å². The minimum absolute atomic E-state index is 0.533. The fourth-order valence-corrected chi connectivity index (χ4v) is 1.50. The van der Waals surface area contributed by atoms with Crippen LogP contribution in [0.2, 0.25) is 0 Å². The Morgan fingerprint density at radius 1 is 1.42 bits per heavy atom. The molecule has 1 saturated heterocycles. The molecule has 0 spiro atoms. The predicted molar refractivity (Wildman–Crippen MR) is 49.1 cm³/mol. The third-order valence-electron chi connectivity index (χ3n) is 2.39. The second-order valence-electron chi connectivity index (χ2n) is 3.54. The van der Waals surface area contributed by atoms with Gasteiger partial charge in [0.2, 0.25) is 0 Å². The average molecular weight is 162 g/mol. The first-order chi connectivity index (χ1) is 5.86. The Bertz CT molecular complexity index is 238. The van der Waals surface area contributed by atoms with E-state index in [1.165, 1.54) is 5.56 Å². The minimum Gasteiger partial charge on any atom is -0.373 e. The highest BCUT2D eigenvalue weighted by molar-refractivity contribution is 5.15.